The number of carbonyl (C=O) groups is 2. The summed E-state index contributed by atoms with van der Waals surface area (Å²) >= 11 is 13.1. The summed E-state index contributed by atoms with van der Waals surface area (Å²) in [6.45, 7) is 1.44. The summed E-state index contributed by atoms with van der Waals surface area (Å²) in [7, 11) is -7.82. The molecule has 0 radical (unpaired) electrons. The smallest absolute Gasteiger partial charge is 0.335 e. The van der Waals surface area contributed by atoms with Crippen LogP contribution in [0.15, 0.2) is 109 Å². The van der Waals surface area contributed by atoms with E-state index in [4.69, 9.17) is 71.6 Å². The molecule has 4 aliphatic rings. The Hall–Kier alpha value is -7.22. The minimum atomic E-state index is -4.05. The van der Waals surface area contributed by atoms with Gasteiger partial charge < -0.3 is 64.8 Å². The molecule has 0 saturated carbocycles. The summed E-state index contributed by atoms with van der Waals surface area (Å²) in [5, 5.41) is 32.4. The number of carbonyl (C=O) groups excluding carboxylic acids is 1. The lowest BCUT2D eigenvalue weighted by atomic mass is 10.0. The van der Waals surface area contributed by atoms with E-state index in [0.29, 0.717) is 68.9 Å². The number of halogens is 2. The number of nitrogens with zero attached hydrogens (tertiary/aromatic N) is 4. The van der Waals surface area contributed by atoms with Crippen molar-refractivity contribution in [1.29, 1.82) is 0 Å². The zero-order chi connectivity index (χ0) is 60.2. The van der Waals surface area contributed by atoms with Crippen LogP contribution in [0, 0.1) is 0 Å². The number of ether oxygens (including phenoxy) is 6. The monoisotopic (exact) mass is 1250 g/mol. The van der Waals surface area contributed by atoms with Crippen molar-refractivity contribution < 1.29 is 79.3 Å². The Balaban J connectivity index is 0.000000170. The number of carboxylic acids is 1. The number of fused-ring (bicyclic) bond motifs is 4. The molecule has 4 aromatic carbocycles. The Kier molecular flexibility index (Phi) is 18.8. The molecule has 4 saturated heterocycles. The number of carboxylic acid groups (broad SMARTS) is 1. The van der Waals surface area contributed by atoms with E-state index in [1.807, 2.05) is 60.7 Å². The predicted octanol–water partition coefficient (Wildman–Crippen LogP) is 5.63. The van der Waals surface area contributed by atoms with Gasteiger partial charge in [0.25, 0.3) is 38.2 Å². The molecule has 29 heteroatoms. The average Bonchev–Trinajstić information content (AvgIpc) is 2.63. The van der Waals surface area contributed by atoms with E-state index in [1.54, 1.807) is 48.5 Å². The van der Waals surface area contributed by atoms with Gasteiger partial charge in [-0.1, -0.05) is 96.0 Å². The fraction of sp³-hybridized carbons (Fsp3) is 0.321. The van der Waals surface area contributed by atoms with Crippen LogP contribution >= 0.6 is 23.2 Å². The molecule has 0 spiro atoms. The number of H-pyrrole nitrogens is 2. The maximum absolute atomic E-state index is 12.3. The normalized spacial score (nSPS) is 21.6. The Morgan fingerprint density at radius 2 is 0.941 bits per heavy atom. The zero-order valence-electron chi connectivity index (χ0n) is 44.7. The molecular formula is C56H56Cl2N8O17S2. The van der Waals surface area contributed by atoms with E-state index in [-0.39, 0.29) is 86.4 Å². The molecule has 4 aliphatic heterocycles. The SMILES string of the molecule is NCCCS(=O)(=O)O.O=C(NCCCS(=O)(=O)O)c1ccc(-c2ccc(-c3nc4nc(O[C@@H]5CO[C@H]6[C@@H]5OC[C@H]6O)[nH]c4cc3Cl)cc2)cc1.O=C(O)c1ccc(-c2ccc(-c3nc4nc(O[C@@H]5CO[C@H]6[C@@H]5OC[C@H]6O)[nH]c4cc3Cl)cc2)cc1. The Morgan fingerprint density at radius 3 is 1.33 bits per heavy atom. The van der Waals surface area contributed by atoms with Crippen LogP contribution in [0.1, 0.15) is 33.6 Å². The van der Waals surface area contributed by atoms with Crippen molar-refractivity contribution in [2.75, 3.05) is 51.0 Å². The molecule has 4 aromatic heterocycles. The lowest BCUT2D eigenvalue weighted by Gasteiger charge is -2.15. The van der Waals surface area contributed by atoms with Gasteiger partial charge in [0, 0.05) is 23.2 Å². The molecule has 0 unspecified atom stereocenters. The van der Waals surface area contributed by atoms with Crippen LogP contribution in [0.4, 0.5) is 0 Å². The lowest BCUT2D eigenvalue weighted by Crippen LogP contribution is -2.34. The van der Waals surface area contributed by atoms with Crippen LogP contribution in [0.5, 0.6) is 12.0 Å². The van der Waals surface area contributed by atoms with E-state index in [1.165, 1.54) is 0 Å². The van der Waals surface area contributed by atoms with Gasteiger partial charge in [-0.2, -0.15) is 26.8 Å². The highest BCUT2D eigenvalue weighted by molar-refractivity contribution is 7.86. The third-order valence-corrected chi connectivity index (χ3v) is 16.2. The first-order valence-corrected chi connectivity index (χ1v) is 30.5. The van der Waals surface area contributed by atoms with Crippen LogP contribution in [-0.2, 0) is 39.2 Å². The summed E-state index contributed by atoms with van der Waals surface area (Å²) in [5.74, 6) is -1.93. The van der Waals surface area contributed by atoms with Crippen LogP contribution in [0.25, 0.3) is 67.1 Å². The van der Waals surface area contributed by atoms with Gasteiger partial charge in [0.15, 0.2) is 23.5 Å². The van der Waals surface area contributed by atoms with Gasteiger partial charge in [0.05, 0.1) is 76.0 Å². The third kappa shape index (κ3) is 14.9. The van der Waals surface area contributed by atoms with Crippen LogP contribution < -0.4 is 20.5 Å². The van der Waals surface area contributed by atoms with Crippen molar-refractivity contribution in [2.24, 2.45) is 5.73 Å². The summed E-state index contributed by atoms with van der Waals surface area (Å²) in [5.41, 5.74) is 14.2. The van der Waals surface area contributed by atoms with Gasteiger partial charge in [-0.05, 0) is 78.0 Å². The third-order valence-electron chi connectivity index (χ3n) is 14.0. The van der Waals surface area contributed by atoms with Crippen LogP contribution in [0.2, 0.25) is 10.0 Å². The second-order valence-electron chi connectivity index (χ2n) is 20.0. The number of rotatable bonds is 17. The topological polar surface area (TPSA) is 380 Å². The van der Waals surface area contributed by atoms with Crippen LogP contribution in [0.3, 0.4) is 0 Å². The summed E-state index contributed by atoms with van der Waals surface area (Å²) in [6.07, 6.45) is -3.17. The highest BCUT2D eigenvalue weighted by Gasteiger charge is 2.50. The van der Waals surface area contributed by atoms with Crippen molar-refractivity contribution in [3.05, 3.63) is 130 Å². The van der Waals surface area contributed by atoms with Crippen molar-refractivity contribution in [1.82, 2.24) is 35.2 Å². The van der Waals surface area contributed by atoms with Crippen molar-refractivity contribution in [3.63, 3.8) is 0 Å². The van der Waals surface area contributed by atoms with Crippen molar-refractivity contribution >= 4 is 77.6 Å². The number of pyridine rings is 2. The van der Waals surface area contributed by atoms with Gasteiger partial charge >= 0.3 is 5.97 Å². The molecule has 448 valence electrons. The number of benzene rings is 4. The number of nitrogens with two attached hydrogens (primary N) is 1. The standard InChI is InChI=1S/C28H27ClN4O8S.C25H20ClN3O6.C3H9NO3S/c29-19-12-20-26(33-28(31-20)41-22-14-40-24-21(34)13-39-25(22)24)32-23(19)17-6-2-15(3-7-17)16-4-8-18(9-5-16)27(35)30-10-1-11-42(36,37)38;26-16-9-17-23(29-25(27-17)35-19-11-34-21-18(30)10-33-22(19)21)28-20(16)14-5-1-12(2-6-14)13-3-7-15(8-4-13)24(31)32;4-2-1-3-8(5,6)7/h2-9,12,21-22,24-25,34H,1,10-11,13-14H2,(H,30,35)(H,31,32,33)(H,36,37,38);1-9,18-19,21-22,30H,10-11H2,(H,31,32)(H,27,28,29);1-4H2,(H,5,6,7)/t21-,22-,24-,25-;18-,19-,21-,22-;/m11./s1. The van der Waals surface area contributed by atoms with E-state index in [0.717, 1.165) is 33.4 Å². The van der Waals surface area contributed by atoms with Crippen molar-refractivity contribution in [3.8, 4) is 56.8 Å². The molecule has 0 bridgehead atoms. The summed E-state index contributed by atoms with van der Waals surface area (Å²) < 4.78 is 92.5. The Labute approximate surface area is 495 Å². The fourth-order valence-corrected chi connectivity index (χ4v) is 11.3. The van der Waals surface area contributed by atoms with E-state index < -0.39 is 56.4 Å². The Morgan fingerprint density at radius 1 is 0.565 bits per heavy atom. The number of hydrogen-bond donors (Lipinski definition) is 9. The average molecular weight is 1250 g/mol. The molecule has 4 fully saturated rings. The molecule has 10 N–H and O–H groups in total. The van der Waals surface area contributed by atoms with Gasteiger partial charge in [0.1, 0.15) is 36.6 Å². The van der Waals surface area contributed by atoms with Crippen molar-refractivity contribution in [2.45, 2.75) is 61.7 Å². The largest absolute Gasteiger partial charge is 0.478 e. The fourth-order valence-electron chi connectivity index (χ4n) is 9.77. The molecule has 8 aromatic rings. The zero-order valence-corrected chi connectivity index (χ0v) is 47.8. The minimum Gasteiger partial charge on any atom is -0.478 e. The lowest BCUT2D eigenvalue weighted by molar-refractivity contribution is 0.00703. The number of aromatic amines is 2. The molecule has 8 heterocycles. The first-order valence-electron chi connectivity index (χ1n) is 26.5. The minimum absolute atomic E-state index is 0.119. The number of aliphatic hydroxyl groups is 2. The summed E-state index contributed by atoms with van der Waals surface area (Å²) in [6, 6.07) is 33.1. The van der Waals surface area contributed by atoms with E-state index >= 15 is 0 Å². The number of hydrogen-bond acceptors (Lipinski definition) is 19. The van der Waals surface area contributed by atoms with Gasteiger partial charge in [-0.25, -0.2) is 14.8 Å². The number of imidazole rings is 2. The summed E-state index contributed by atoms with van der Waals surface area (Å²) in [4.78, 5) is 47.7. The second kappa shape index (κ2) is 26.2. The number of amides is 1. The number of aromatic nitrogens is 6. The first kappa shape index (κ1) is 60.9. The number of aromatic carboxylic acids is 1. The predicted molar refractivity (Wildman–Crippen MR) is 310 cm³/mol. The number of aliphatic hydroxyl groups excluding tert-OH is 2. The number of nitrogens with one attached hydrogen (secondary N) is 3. The quantitative estimate of drug-likeness (QED) is 0.0394. The first-order chi connectivity index (χ1) is 40.7. The second-order valence-corrected chi connectivity index (χ2v) is 24.0. The highest BCUT2D eigenvalue weighted by atomic mass is 35.5. The molecule has 12 rings (SSSR count). The van der Waals surface area contributed by atoms with Gasteiger partial charge in [-0.15, -0.1) is 0 Å². The van der Waals surface area contributed by atoms with Crippen LogP contribution in [-0.4, -0.2) is 183 Å². The van der Waals surface area contributed by atoms with E-state index in [9.17, 15) is 36.6 Å². The highest BCUT2D eigenvalue weighted by Crippen LogP contribution is 2.36. The molecular weight excluding hydrogens is 1190 g/mol. The molecule has 25 nitrogen and oxygen atoms in total. The maximum Gasteiger partial charge on any atom is 0.335 e. The maximum atomic E-state index is 12.3. The molecule has 1 amide bonds. The molecule has 85 heavy (non-hydrogen) atoms. The van der Waals surface area contributed by atoms with E-state index in [2.05, 4.69) is 35.2 Å². The molecule has 8 atom stereocenters. The Bertz CT molecular complexity index is 3920. The van der Waals surface area contributed by atoms with Gasteiger partial charge in [-0.3, -0.25) is 13.9 Å². The van der Waals surface area contributed by atoms with Gasteiger partial charge in [0.2, 0.25) is 0 Å². The molecule has 0 aliphatic carbocycles.